The van der Waals surface area contributed by atoms with Crippen molar-refractivity contribution in [3.05, 3.63) is 119 Å². The van der Waals surface area contributed by atoms with Gasteiger partial charge in [0.05, 0.1) is 13.2 Å². The normalized spacial score (nSPS) is 17.9. The highest BCUT2D eigenvalue weighted by Crippen LogP contribution is 2.35. The van der Waals surface area contributed by atoms with Crippen molar-refractivity contribution in [1.82, 2.24) is 0 Å². The van der Waals surface area contributed by atoms with Crippen LogP contribution in [0, 0.1) is 0 Å². The lowest BCUT2D eigenvalue weighted by Crippen LogP contribution is -2.27. The molecule has 2 unspecified atom stereocenters. The van der Waals surface area contributed by atoms with E-state index in [1.54, 1.807) is 7.11 Å². The molecule has 2 fully saturated rings. The average molecular weight is 639 g/mol. The molecule has 2 saturated heterocycles. The lowest BCUT2D eigenvalue weighted by atomic mass is 9.78. The van der Waals surface area contributed by atoms with E-state index in [4.69, 9.17) is 33.2 Å². The van der Waals surface area contributed by atoms with Crippen LogP contribution in [-0.4, -0.2) is 65.1 Å². The fourth-order valence-corrected chi connectivity index (χ4v) is 5.47. The van der Waals surface area contributed by atoms with Gasteiger partial charge < -0.3 is 33.2 Å². The molecule has 47 heavy (non-hydrogen) atoms. The third kappa shape index (κ3) is 8.66. The van der Waals surface area contributed by atoms with E-state index < -0.39 is 0 Å². The Balaban J connectivity index is 0.971. The molecule has 0 saturated carbocycles. The number of benzene rings is 4. The van der Waals surface area contributed by atoms with Crippen molar-refractivity contribution >= 4 is 0 Å². The van der Waals surface area contributed by atoms with E-state index in [0.717, 1.165) is 36.2 Å². The van der Waals surface area contributed by atoms with Crippen molar-refractivity contribution < 1.29 is 33.2 Å². The van der Waals surface area contributed by atoms with Gasteiger partial charge in [0.1, 0.15) is 67.7 Å². The van der Waals surface area contributed by atoms with Crippen LogP contribution in [0.3, 0.4) is 0 Å². The van der Waals surface area contributed by atoms with Crippen molar-refractivity contribution in [3.8, 4) is 23.0 Å². The Morgan fingerprint density at radius 1 is 0.511 bits per heavy atom. The Labute approximate surface area is 278 Å². The monoisotopic (exact) mass is 638 g/mol. The third-order valence-corrected chi connectivity index (χ3v) is 9.19. The number of hydrogen-bond acceptors (Lipinski definition) is 7. The standard InChI is InChI=1S/C40H46O7/c1-39(2,30-10-18-34(19-11-30)44-24-37-26-46-37)28-6-14-32(15-7-28)42-22-36(41-5)23-43-33-16-8-29(9-17-33)40(3,4)31-12-20-35(21-13-31)45-25-38-27-47-38/h6-21,36-38H,22-27H2,1-5H3. The van der Waals surface area contributed by atoms with E-state index in [-0.39, 0.29) is 29.1 Å². The second kappa shape index (κ2) is 14.4. The van der Waals surface area contributed by atoms with Gasteiger partial charge in [-0.3, -0.25) is 0 Å². The molecular weight excluding hydrogens is 592 g/mol. The molecule has 2 aliphatic heterocycles. The van der Waals surface area contributed by atoms with Crippen LogP contribution in [0.5, 0.6) is 23.0 Å². The van der Waals surface area contributed by atoms with Gasteiger partial charge >= 0.3 is 0 Å². The maximum absolute atomic E-state index is 6.09. The zero-order valence-corrected chi connectivity index (χ0v) is 28.1. The van der Waals surface area contributed by atoms with Gasteiger partial charge in [-0.05, 0) is 70.8 Å². The first kappa shape index (κ1) is 32.9. The van der Waals surface area contributed by atoms with Crippen LogP contribution in [0.15, 0.2) is 97.1 Å². The number of methoxy groups -OCH3 is 1. The van der Waals surface area contributed by atoms with Crippen LogP contribution < -0.4 is 18.9 Å². The summed E-state index contributed by atoms with van der Waals surface area (Å²) in [6, 6.07) is 33.2. The van der Waals surface area contributed by atoms with Crippen LogP contribution in [0.2, 0.25) is 0 Å². The third-order valence-electron chi connectivity index (χ3n) is 9.19. The van der Waals surface area contributed by atoms with Gasteiger partial charge in [-0.2, -0.15) is 0 Å². The van der Waals surface area contributed by atoms with Crippen LogP contribution >= 0.6 is 0 Å². The summed E-state index contributed by atoms with van der Waals surface area (Å²) in [6.07, 6.45) is 0.276. The second-order valence-electron chi connectivity index (χ2n) is 13.4. The molecule has 0 N–H and O–H groups in total. The molecule has 0 aliphatic carbocycles. The van der Waals surface area contributed by atoms with Crippen molar-refractivity contribution in [2.24, 2.45) is 0 Å². The van der Waals surface area contributed by atoms with Gasteiger partial charge in [0.15, 0.2) is 0 Å². The van der Waals surface area contributed by atoms with Crippen LogP contribution in [0.4, 0.5) is 0 Å². The largest absolute Gasteiger partial charge is 0.491 e. The summed E-state index contributed by atoms with van der Waals surface area (Å²) in [6.45, 7) is 12.5. The molecule has 4 aromatic carbocycles. The van der Waals surface area contributed by atoms with Crippen LogP contribution in [-0.2, 0) is 25.0 Å². The Kier molecular flexibility index (Phi) is 10.1. The van der Waals surface area contributed by atoms with Gasteiger partial charge in [0.25, 0.3) is 0 Å². The van der Waals surface area contributed by atoms with Gasteiger partial charge in [-0.25, -0.2) is 0 Å². The minimum Gasteiger partial charge on any atom is -0.491 e. The average Bonchev–Trinajstić information content (AvgIpc) is 4.04. The molecule has 2 atom stereocenters. The minimum atomic E-state index is -0.221. The molecule has 7 nitrogen and oxygen atoms in total. The van der Waals surface area contributed by atoms with E-state index in [1.807, 2.05) is 48.5 Å². The summed E-state index contributed by atoms with van der Waals surface area (Å²) in [5, 5.41) is 0. The highest BCUT2D eigenvalue weighted by Gasteiger charge is 2.26. The fourth-order valence-electron chi connectivity index (χ4n) is 5.47. The van der Waals surface area contributed by atoms with Gasteiger partial charge in [-0.1, -0.05) is 76.2 Å². The summed E-state index contributed by atoms with van der Waals surface area (Å²) in [4.78, 5) is 0. The Bertz CT molecular complexity index is 1430. The SMILES string of the molecule is COC(COc1ccc(C(C)(C)c2ccc(OCC3CO3)cc2)cc1)COc1ccc(C(C)(C)c2ccc(OCC3CO3)cc2)cc1. The predicted molar refractivity (Wildman–Crippen MR) is 182 cm³/mol. The molecular formula is C40H46O7. The summed E-state index contributed by atoms with van der Waals surface area (Å²) in [7, 11) is 1.68. The maximum Gasteiger partial charge on any atom is 0.125 e. The molecule has 0 aromatic heterocycles. The van der Waals surface area contributed by atoms with E-state index >= 15 is 0 Å². The van der Waals surface area contributed by atoms with Gasteiger partial charge in [-0.15, -0.1) is 0 Å². The number of rotatable bonds is 17. The summed E-state index contributed by atoms with van der Waals surface area (Å²) in [5.74, 6) is 3.32. The molecule has 0 spiro atoms. The van der Waals surface area contributed by atoms with Crippen molar-refractivity contribution in [2.45, 2.75) is 56.8 Å². The molecule has 7 heteroatoms. The van der Waals surface area contributed by atoms with Gasteiger partial charge in [0, 0.05) is 17.9 Å². The molecule has 2 heterocycles. The Morgan fingerprint density at radius 2 is 0.787 bits per heavy atom. The Hall–Kier alpha value is -4.04. The van der Waals surface area contributed by atoms with Gasteiger partial charge in [0.2, 0.25) is 0 Å². The molecule has 248 valence electrons. The highest BCUT2D eigenvalue weighted by molar-refractivity contribution is 5.43. The quantitative estimate of drug-likeness (QED) is 0.112. The maximum atomic E-state index is 6.09. The second-order valence-corrected chi connectivity index (χ2v) is 13.4. The van der Waals surface area contributed by atoms with E-state index in [2.05, 4.69) is 76.2 Å². The summed E-state index contributed by atoms with van der Waals surface area (Å²) < 4.78 is 39.9. The molecule has 0 radical (unpaired) electrons. The summed E-state index contributed by atoms with van der Waals surface area (Å²) in [5.41, 5.74) is 4.49. The highest BCUT2D eigenvalue weighted by atomic mass is 16.6. The van der Waals surface area contributed by atoms with Crippen molar-refractivity contribution in [2.75, 3.05) is 46.8 Å². The smallest absolute Gasteiger partial charge is 0.125 e. The van der Waals surface area contributed by atoms with E-state index in [0.29, 0.717) is 26.4 Å². The first-order valence-corrected chi connectivity index (χ1v) is 16.4. The molecule has 6 rings (SSSR count). The topological polar surface area (TPSA) is 71.2 Å². The lowest BCUT2D eigenvalue weighted by molar-refractivity contribution is 0.0237. The predicted octanol–water partition coefficient (Wildman–Crippen LogP) is 7.37. The zero-order valence-electron chi connectivity index (χ0n) is 28.1. The summed E-state index contributed by atoms with van der Waals surface area (Å²) >= 11 is 0. The van der Waals surface area contributed by atoms with Crippen LogP contribution in [0.1, 0.15) is 49.9 Å². The molecule has 0 amide bonds. The number of ether oxygens (including phenoxy) is 7. The lowest BCUT2D eigenvalue weighted by Gasteiger charge is -2.27. The fraction of sp³-hybridized carbons (Fsp3) is 0.400. The molecule has 0 bridgehead atoms. The van der Waals surface area contributed by atoms with Crippen LogP contribution in [0.25, 0.3) is 0 Å². The Morgan fingerprint density at radius 3 is 1.04 bits per heavy atom. The first-order chi connectivity index (χ1) is 22.7. The number of hydrogen-bond donors (Lipinski definition) is 0. The van der Waals surface area contributed by atoms with E-state index in [1.165, 1.54) is 22.3 Å². The molecule has 2 aliphatic rings. The van der Waals surface area contributed by atoms with E-state index in [9.17, 15) is 0 Å². The first-order valence-electron chi connectivity index (χ1n) is 16.4. The zero-order chi connectivity index (χ0) is 32.9. The van der Waals surface area contributed by atoms with Crippen molar-refractivity contribution in [1.29, 1.82) is 0 Å². The minimum absolute atomic E-state index is 0.171. The molecule has 4 aromatic rings. The van der Waals surface area contributed by atoms with Crippen molar-refractivity contribution in [3.63, 3.8) is 0 Å². The number of epoxide rings is 2.